The molecule has 2 aromatic rings. The van der Waals surface area contributed by atoms with Crippen LogP contribution in [0.3, 0.4) is 0 Å². The monoisotopic (exact) mass is 412 g/mol. The Morgan fingerprint density at radius 1 is 1.37 bits per heavy atom. The fourth-order valence-electron chi connectivity index (χ4n) is 2.92. The van der Waals surface area contributed by atoms with Crippen LogP contribution in [-0.4, -0.2) is 27.8 Å². The van der Waals surface area contributed by atoms with Gasteiger partial charge in [0.05, 0.1) is 10.7 Å². The van der Waals surface area contributed by atoms with Crippen LogP contribution < -0.4 is 19.9 Å². The van der Waals surface area contributed by atoms with E-state index in [4.69, 9.17) is 16.3 Å². The number of fused-ring (bicyclic) bond motifs is 1. The molecule has 3 rings (SSSR count). The van der Waals surface area contributed by atoms with E-state index in [-0.39, 0.29) is 23.1 Å². The van der Waals surface area contributed by atoms with Crippen LogP contribution in [0.4, 0.5) is 10.1 Å². The minimum absolute atomic E-state index is 0.137. The van der Waals surface area contributed by atoms with Gasteiger partial charge in [0.15, 0.2) is 5.75 Å². The minimum atomic E-state index is -2.55. The van der Waals surface area contributed by atoms with Crippen molar-refractivity contribution in [3.63, 3.8) is 0 Å². The molecule has 2 atom stereocenters. The van der Waals surface area contributed by atoms with E-state index >= 15 is 0 Å². The zero-order valence-corrected chi connectivity index (χ0v) is 16.0. The van der Waals surface area contributed by atoms with Gasteiger partial charge in [0.1, 0.15) is 17.6 Å². The normalized spacial score (nSPS) is 17.6. The number of carbonyl (C=O) groups is 1. The number of hydrogen-bond acceptors (Lipinski definition) is 5. The zero-order valence-electron chi connectivity index (χ0n) is 14.4. The van der Waals surface area contributed by atoms with Crippen LogP contribution in [0.2, 0.25) is 5.02 Å². The lowest BCUT2D eigenvalue weighted by atomic mass is 9.95. The van der Waals surface area contributed by atoms with Gasteiger partial charge < -0.3 is 14.2 Å². The number of anilines is 1. The fourth-order valence-corrected chi connectivity index (χ4v) is 3.32. The van der Waals surface area contributed by atoms with Gasteiger partial charge in [-0.05, 0) is 30.2 Å². The first kappa shape index (κ1) is 19.7. The highest BCUT2D eigenvalue weighted by Gasteiger charge is 2.33. The maximum atomic E-state index is 13.6. The number of hydrogen-bond donors (Lipinski definition) is 2. The molecular formula is C17H16ClFN3O4S-. The van der Waals surface area contributed by atoms with Crippen molar-refractivity contribution in [1.82, 2.24) is 10.3 Å². The molecule has 10 heteroatoms. The lowest BCUT2D eigenvalue weighted by Crippen LogP contribution is -2.54. The molecule has 0 radical (unpaired) electrons. The SMILES string of the molecule is Cc1ccc2c(c1Oc1cc(F)ccc1Cl)N(C)C(=O)C(NNS(=O)[O-])C2. The molecule has 27 heavy (non-hydrogen) atoms. The van der Waals surface area contributed by atoms with Gasteiger partial charge in [-0.15, -0.1) is 0 Å². The summed E-state index contributed by atoms with van der Waals surface area (Å²) in [5.74, 6) is -0.323. The zero-order chi connectivity index (χ0) is 19.7. The molecule has 1 aliphatic rings. The summed E-state index contributed by atoms with van der Waals surface area (Å²) in [6, 6.07) is 6.65. The van der Waals surface area contributed by atoms with Crippen molar-refractivity contribution in [2.24, 2.45) is 0 Å². The molecule has 1 heterocycles. The summed E-state index contributed by atoms with van der Waals surface area (Å²) in [6.07, 6.45) is 0.246. The number of nitrogens with one attached hydrogen (secondary N) is 2. The summed E-state index contributed by atoms with van der Waals surface area (Å²) in [5, 5.41) is 0.236. The third-order valence-corrected chi connectivity index (χ3v) is 4.82. The Morgan fingerprint density at radius 3 is 2.81 bits per heavy atom. The number of hydrazine groups is 1. The molecule has 0 fully saturated rings. The first-order chi connectivity index (χ1) is 12.8. The van der Waals surface area contributed by atoms with Gasteiger partial charge in [-0.1, -0.05) is 23.7 Å². The van der Waals surface area contributed by atoms with Crippen LogP contribution in [0.25, 0.3) is 0 Å². The van der Waals surface area contributed by atoms with Gasteiger partial charge in [0.2, 0.25) is 5.91 Å². The number of halogens is 2. The van der Waals surface area contributed by atoms with Crippen LogP contribution >= 0.6 is 11.6 Å². The molecule has 0 saturated carbocycles. The summed E-state index contributed by atoms with van der Waals surface area (Å²) >= 11 is 3.54. The maximum absolute atomic E-state index is 13.6. The van der Waals surface area contributed by atoms with E-state index in [2.05, 4.69) is 5.43 Å². The number of aryl methyl sites for hydroxylation is 1. The summed E-state index contributed by atoms with van der Waals surface area (Å²) in [4.78, 5) is 16.0. The average molecular weight is 413 g/mol. The van der Waals surface area contributed by atoms with Gasteiger partial charge >= 0.3 is 0 Å². The van der Waals surface area contributed by atoms with Crippen LogP contribution in [0.5, 0.6) is 11.5 Å². The van der Waals surface area contributed by atoms with Crippen molar-refractivity contribution < 1.29 is 22.7 Å². The molecule has 2 N–H and O–H groups in total. The summed E-state index contributed by atoms with van der Waals surface area (Å²) in [6.45, 7) is 1.80. The first-order valence-electron chi connectivity index (χ1n) is 7.91. The molecular weight excluding hydrogens is 397 g/mol. The predicted molar refractivity (Wildman–Crippen MR) is 98.8 cm³/mol. The molecule has 0 aliphatic carbocycles. The second-order valence-electron chi connectivity index (χ2n) is 6.03. The Kier molecular flexibility index (Phi) is 5.78. The predicted octanol–water partition coefficient (Wildman–Crippen LogP) is 2.36. The van der Waals surface area contributed by atoms with Gasteiger partial charge in [-0.25, -0.2) is 9.82 Å². The quantitative estimate of drug-likeness (QED) is 0.580. The standard InChI is InChI=1S/C17H17ClFN3O4S/c1-9-3-4-10-7-13(20-21-27(24)25)17(23)22(2)15(10)16(9)26-14-8-11(19)5-6-12(14)18/h3-6,8,13,20-21H,7H2,1-2H3,(H,24,25)/p-1. The van der Waals surface area contributed by atoms with E-state index in [0.717, 1.165) is 11.1 Å². The second-order valence-corrected chi connectivity index (χ2v) is 7.11. The van der Waals surface area contributed by atoms with E-state index in [1.807, 2.05) is 10.9 Å². The molecule has 0 bridgehead atoms. The summed E-state index contributed by atoms with van der Waals surface area (Å²) in [7, 11) is 1.56. The van der Waals surface area contributed by atoms with Crippen LogP contribution in [-0.2, 0) is 22.5 Å². The smallest absolute Gasteiger partial charge is 0.245 e. The third-order valence-electron chi connectivity index (χ3n) is 4.22. The van der Waals surface area contributed by atoms with E-state index in [1.54, 1.807) is 20.0 Å². The number of rotatable bonds is 5. The summed E-state index contributed by atoms with van der Waals surface area (Å²) < 4.78 is 40.8. The molecule has 0 saturated heterocycles. The lowest BCUT2D eigenvalue weighted by molar-refractivity contribution is -0.120. The Hall–Kier alpha value is -2.04. The Labute approximate surface area is 162 Å². The highest BCUT2D eigenvalue weighted by atomic mass is 35.5. The maximum Gasteiger partial charge on any atom is 0.245 e. The van der Waals surface area contributed by atoms with Crippen LogP contribution in [0.15, 0.2) is 30.3 Å². The number of likely N-dealkylation sites (N-methyl/N-ethyl adjacent to an activating group) is 1. The summed E-state index contributed by atoms with van der Waals surface area (Å²) in [5.41, 5.74) is 4.51. The van der Waals surface area contributed by atoms with E-state index < -0.39 is 23.1 Å². The molecule has 2 unspecified atom stereocenters. The Morgan fingerprint density at radius 2 is 2.11 bits per heavy atom. The molecule has 0 spiro atoms. The fraction of sp³-hybridized carbons (Fsp3) is 0.235. The molecule has 0 aromatic heterocycles. The second kappa shape index (κ2) is 7.91. The van der Waals surface area contributed by atoms with Crippen molar-refractivity contribution in [3.8, 4) is 11.5 Å². The van der Waals surface area contributed by atoms with Crippen molar-refractivity contribution in [2.45, 2.75) is 19.4 Å². The number of amides is 1. The average Bonchev–Trinajstić information content (AvgIpc) is 2.62. The number of ether oxygens (including phenoxy) is 1. The number of benzene rings is 2. The van der Waals surface area contributed by atoms with Gasteiger partial charge in [0.25, 0.3) is 0 Å². The number of carbonyl (C=O) groups excluding carboxylic acids is 1. The van der Waals surface area contributed by atoms with E-state index in [0.29, 0.717) is 11.4 Å². The van der Waals surface area contributed by atoms with E-state index in [1.165, 1.54) is 23.1 Å². The van der Waals surface area contributed by atoms with Crippen molar-refractivity contribution >= 4 is 34.5 Å². The lowest BCUT2D eigenvalue weighted by Gasteiger charge is -2.34. The van der Waals surface area contributed by atoms with Gasteiger partial charge in [-0.3, -0.25) is 9.00 Å². The highest BCUT2D eigenvalue weighted by Crippen LogP contribution is 2.42. The topological polar surface area (TPSA) is 93.7 Å². The van der Waals surface area contributed by atoms with Crippen molar-refractivity contribution in [1.29, 1.82) is 0 Å². The third kappa shape index (κ3) is 4.12. The molecule has 1 aliphatic heterocycles. The Bertz CT molecular complexity index is 927. The molecule has 2 aromatic carbocycles. The first-order valence-corrected chi connectivity index (χ1v) is 9.36. The minimum Gasteiger partial charge on any atom is -0.759 e. The Balaban J connectivity index is 1.99. The van der Waals surface area contributed by atoms with E-state index in [9.17, 15) is 17.9 Å². The number of nitrogens with zero attached hydrogens (tertiary/aromatic N) is 1. The molecule has 7 nitrogen and oxygen atoms in total. The van der Waals surface area contributed by atoms with Gasteiger partial charge in [-0.2, -0.15) is 4.83 Å². The highest BCUT2D eigenvalue weighted by molar-refractivity contribution is 7.76. The van der Waals surface area contributed by atoms with Gasteiger partial charge in [0, 0.05) is 30.8 Å². The van der Waals surface area contributed by atoms with Crippen molar-refractivity contribution in [3.05, 3.63) is 52.3 Å². The molecule has 1 amide bonds. The van der Waals surface area contributed by atoms with Crippen molar-refractivity contribution in [2.75, 3.05) is 11.9 Å². The largest absolute Gasteiger partial charge is 0.759 e. The molecule has 144 valence electrons. The van der Waals surface area contributed by atoms with Crippen LogP contribution in [0, 0.1) is 12.7 Å². The van der Waals surface area contributed by atoms with Crippen LogP contribution in [0.1, 0.15) is 11.1 Å².